The zero-order valence-corrected chi connectivity index (χ0v) is 10.3. The van der Waals surface area contributed by atoms with Crippen LogP contribution in [0.3, 0.4) is 0 Å². The topological polar surface area (TPSA) is 39.2 Å². The fourth-order valence-electron chi connectivity index (χ4n) is 2.10. The summed E-state index contributed by atoms with van der Waals surface area (Å²) in [4.78, 5) is 0. The zero-order valence-electron chi connectivity index (χ0n) is 10.3. The Morgan fingerprint density at radius 1 is 1.00 bits per heavy atom. The average Bonchev–Trinajstić information content (AvgIpc) is 2.82. The lowest BCUT2D eigenvalue weighted by Gasteiger charge is -2.06. The van der Waals surface area contributed by atoms with E-state index in [-0.39, 0.29) is 6.04 Å². The number of hydrogen-bond donors (Lipinski definition) is 1. The van der Waals surface area contributed by atoms with E-state index in [1.807, 2.05) is 43.3 Å². The SMILES string of the molecule is CC(N)c1cccc(-c2cc3ccccc3o2)c1. The van der Waals surface area contributed by atoms with Crippen LogP contribution < -0.4 is 5.73 Å². The van der Waals surface area contributed by atoms with Crippen LogP contribution in [-0.2, 0) is 0 Å². The molecule has 0 fully saturated rings. The molecular formula is C16H15NO. The van der Waals surface area contributed by atoms with Gasteiger partial charge in [0.15, 0.2) is 0 Å². The Morgan fingerprint density at radius 3 is 2.61 bits per heavy atom. The summed E-state index contributed by atoms with van der Waals surface area (Å²) < 4.78 is 5.85. The maximum atomic E-state index is 5.91. The Hall–Kier alpha value is -2.06. The van der Waals surface area contributed by atoms with Crippen molar-refractivity contribution < 1.29 is 4.42 Å². The Bertz CT molecular complexity index is 649. The summed E-state index contributed by atoms with van der Waals surface area (Å²) in [6.45, 7) is 1.98. The fraction of sp³-hybridized carbons (Fsp3) is 0.125. The third kappa shape index (κ3) is 1.91. The lowest BCUT2D eigenvalue weighted by atomic mass is 10.0. The third-order valence-corrected chi connectivity index (χ3v) is 3.12. The normalized spacial score (nSPS) is 12.8. The van der Waals surface area contributed by atoms with Crippen molar-refractivity contribution in [3.63, 3.8) is 0 Å². The molecular weight excluding hydrogens is 222 g/mol. The van der Waals surface area contributed by atoms with Gasteiger partial charge in [0, 0.05) is 17.0 Å². The highest BCUT2D eigenvalue weighted by Crippen LogP contribution is 2.28. The summed E-state index contributed by atoms with van der Waals surface area (Å²) in [5, 5.41) is 1.12. The van der Waals surface area contributed by atoms with E-state index in [9.17, 15) is 0 Å². The van der Waals surface area contributed by atoms with Gasteiger partial charge < -0.3 is 10.2 Å². The van der Waals surface area contributed by atoms with Crippen molar-refractivity contribution in [3.05, 3.63) is 60.2 Å². The van der Waals surface area contributed by atoms with Gasteiger partial charge >= 0.3 is 0 Å². The lowest BCUT2D eigenvalue weighted by Crippen LogP contribution is -2.04. The van der Waals surface area contributed by atoms with Crippen molar-refractivity contribution in [1.82, 2.24) is 0 Å². The van der Waals surface area contributed by atoms with Gasteiger partial charge in [-0.15, -0.1) is 0 Å². The van der Waals surface area contributed by atoms with Crippen molar-refractivity contribution in [2.24, 2.45) is 5.73 Å². The molecule has 1 unspecified atom stereocenters. The Balaban J connectivity index is 2.11. The highest BCUT2D eigenvalue weighted by Gasteiger charge is 2.07. The summed E-state index contributed by atoms with van der Waals surface area (Å²) in [7, 11) is 0. The second-order valence-electron chi connectivity index (χ2n) is 4.56. The van der Waals surface area contributed by atoms with Crippen LogP contribution in [-0.4, -0.2) is 0 Å². The van der Waals surface area contributed by atoms with E-state index in [2.05, 4.69) is 18.2 Å². The van der Waals surface area contributed by atoms with E-state index < -0.39 is 0 Å². The number of benzene rings is 2. The molecule has 0 aliphatic carbocycles. The molecule has 2 heteroatoms. The van der Waals surface area contributed by atoms with Gasteiger partial charge in [-0.3, -0.25) is 0 Å². The molecule has 1 heterocycles. The molecule has 90 valence electrons. The number of para-hydroxylation sites is 1. The molecule has 0 bridgehead atoms. The standard InChI is InChI=1S/C16H15NO/c1-11(17)12-6-4-7-13(9-12)16-10-14-5-2-3-8-15(14)18-16/h2-11H,17H2,1H3. The molecule has 0 radical (unpaired) electrons. The monoisotopic (exact) mass is 237 g/mol. The molecule has 2 nitrogen and oxygen atoms in total. The highest BCUT2D eigenvalue weighted by molar-refractivity contribution is 5.82. The number of hydrogen-bond acceptors (Lipinski definition) is 2. The molecule has 0 aliphatic heterocycles. The van der Waals surface area contributed by atoms with Crippen molar-refractivity contribution in [2.45, 2.75) is 13.0 Å². The van der Waals surface area contributed by atoms with Crippen LogP contribution in [0.25, 0.3) is 22.3 Å². The van der Waals surface area contributed by atoms with Crippen molar-refractivity contribution in [1.29, 1.82) is 0 Å². The van der Waals surface area contributed by atoms with Crippen molar-refractivity contribution in [3.8, 4) is 11.3 Å². The lowest BCUT2D eigenvalue weighted by molar-refractivity contribution is 0.631. The summed E-state index contributed by atoms with van der Waals surface area (Å²) in [6.07, 6.45) is 0. The Kier molecular flexibility index (Phi) is 2.65. The molecule has 3 rings (SSSR count). The van der Waals surface area contributed by atoms with Crippen LogP contribution >= 0.6 is 0 Å². The Morgan fingerprint density at radius 2 is 1.83 bits per heavy atom. The second kappa shape index (κ2) is 4.31. The minimum Gasteiger partial charge on any atom is -0.456 e. The maximum absolute atomic E-state index is 5.91. The van der Waals surface area contributed by atoms with E-state index in [1.165, 1.54) is 0 Å². The van der Waals surface area contributed by atoms with Crippen LogP contribution in [0.15, 0.2) is 59.0 Å². The average molecular weight is 237 g/mol. The van der Waals surface area contributed by atoms with Gasteiger partial charge in [-0.25, -0.2) is 0 Å². The number of rotatable bonds is 2. The van der Waals surface area contributed by atoms with E-state index in [0.29, 0.717) is 0 Å². The maximum Gasteiger partial charge on any atom is 0.135 e. The van der Waals surface area contributed by atoms with Crippen LogP contribution in [0.4, 0.5) is 0 Å². The Labute approximate surface area is 106 Å². The van der Waals surface area contributed by atoms with Crippen LogP contribution in [0.5, 0.6) is 0 Å². The van der Waals surface area contributed by atoms with Gasteiger partial charge in [0.05, 0.1) is 0 Å². The molecule has 0 saturated carbocycles. The summed E-state index contributed by atoms with van der Waals surface area (Å²) >= 11 is 0. The largest absolute Gasteiger partial charge is 0.456 e. The molecule has 0 spiro atoms. The first-order valence-electron chi connectivity index (χ1n) is 6.08. The number of furan rings is 1. The van der Waals surface area contributed by atoms with Crippen LogP contribution in [0.1, 0.15) is 18.5 Å². The predicted molar refractivity (Wildman–Crippen MR) is 74.3 cm³/mol. The second-order valence-corrected chi connectivity index (χ2v) is 4.56. The summed E-state index contributed by atoms with van der Waals surface area (Å²) in [5.74, 6) is 0.888. The van der Waals surface area contributed by atoms with E-state index in [0.717, 1.165) is 27.9 Å². The first-order chi connectivity index (χ1) is 8.74. The summed E-state index contributed by atoms with van der Waals surface area (Å²) in [5.41, 5.74) is 9.01. The van der Waals surface area contributed by atoms with Crippen molar-refractivity contribution >= 4 is 11.0 Å². The first-order valence-corrected chi connectivity index (χ1v) is 6.08. The van der Waals surface area contributed by atoms with Crippen molar-refractivity contribution in [2.75, 3.05) is 0 Å². The third-order valence-electron chi connectivity index (χ3n) is 3.12. The number of nitrogens with two attached hydrogens (primary N) is 1. The van der Waals surface area contributed by atoms with Gasteiger partial charge in [-0.1, -0.05) is 36.4 Å². The molecule has 1 atom stereocenters. The van der Waals surface area contributed by atoms with Gasteiger partial charge in [0.25, 0.3) is 0 Å². The smallest absolute Gasteiger partial charge is 0.135 e. The summed E-state index contributed by atoms with van der Waals surface area (Å²) in [6, 6.07) is 18.3. The molecule has 2 N–H and O–H groups in total. The minimum absolute atomic E-state index is 0.0364. The predicted octanol–water partition coefficient (Wildman–Crippen LogP) is 4.12. The van der Waals surface area contributed by atoms with Crippen LogP contribution in [0, 0.1) is 0 Å². The minimum atomic E-state index is 0.0364. The zero-order chi connectivity index (χ0) is 12.5. The van der Waals surface area contributed by atoms with Gasteiger partial charge in [0.2, 0.25) is 0 Å². The van der Waals surface area contributed by atoms with E-state index >= 15 is 0 Å². The molecule has 0 saturated heterocycles. The molecule has 18 heavy (non-hydrogen) atoms. The molecule has 0 amide bonds. The molecule has 2 aromatic carbocycles. The van der Waals surface area contributed by atoms with E-state index in [4.69, 9.17) is 10.2 Å². The van der Waals surface area contributed by atoms with Gasteiger partial charge in [-0.2, -0.15) is 0 Å². The fourth-order valence-corrected chi connectivity index (χ4v) is 2.10. The molecule has 1 aromatic heterocycles. The molecule has 3 aromatic rings. The number of fused-ring (bicyclic) bond motifs is 1. The molecule has 0 aliphatic rings. The van der Waals surface area contributed by atoms with Gasteiger partial charge in [-0.05, 0) is 30.7 Å². The highest BCUT2D eigenvalue weighted by atomic mass is 16.3. The van der Waals surface area contributed by atoms with Gasteiger partial charge in [0.1, 0.15) is 11.3 Å². The quantitative estimate of drug-likeness (QED) is 0.728. The van der Waals surface area contributed by atoms with E-state index in [1.54, 1.807) is 0 Å². The van der Waals surface area contributed by atoms with Crippen LogP contribution in [0.2, 0.25) is 0 Å². The first kappa shape index (κ1) is 11.1.